The van der Waals surface area contributed by atoms with E-state index in [1.54, 1.807) is 0 Å². The molecule has 0 saturated heterocycles. The minimum Gasteiger partial charge on any atom is -0.368 e. The molecule has 1 aromatic heterocycles. The minimum absolute atomic E-state index is 0.120. The smallest absolute Gasteiger partial charge is 0.368 e. The Balaban J connectivity index is 2.37. The molecular formula is C13H18ClF3N4O. The quantitative estimate of drug-likeness (QED) is 0.636. The van der Waals surface area contributed by atoms with Crippen LogP contribution in [0.5, 0.6) is 0 Å². The van der Waals surface area contributed by atoms with Crippen LogP contribution in [0.2, 0.25) is 5.02 Å². The van der Waals surface area contributed by atoms with Crippen molar-refractivity contribution in [1.29, 1.82) is 0 Å². The van der Waals surface area contributed by atoms with Gasteiger partial charge in [0.15, 0.2) is 0 Å². The number of nitrogens with one attached hydrogen (secondary N) is 3. The normalized spacial score (nSPS) is 11.3. The van der Waals surface area contributed by atoms with Gasteiger partial charge in [0.05, 0.1) is 10.6 Å². The molecule has 3 N–H and O–H groups in total. The SMILES string of the molecule is CCNCCNC(=O)CCNc1ncc(C(F)(F)F)cc1Cl. The first kappa shape index (κ1) is 18.5. The molecule has 5 nitrogen and oxygen atoms in total. The lowest BCUT2D eigenvalue weighted by atomic mass is 10.2. The minimum atomic E-state index is -4.48. The average Bonchev–Trinajstić information content (AvgIpc) is 2.44. The van der Waals surface area contributed by atoms with Gasteiger partial charge < -0.3 is 16.0 Å². The standard InChI is InChI=1S/C13H18ClF3N4O/c1-2-18-5-6-19-11(22)3-4-20-12-10(14)7-9(8-21-12)13(15,16)17/h7-8,18H,2-6H2,1H3,(H,19,22)(H,20,21). The Bertz CT molecular complexity index is 497. The number of pyridine rings is 1. The second kappa shape index (κ2) is 8.79. The molecule has 0 atom stereocenters. The predicted molar refractivity (Wildman–Crippen MR) is 78.9 cm³/mol. The molecule has 0 saturated carbocycles. The summed E-state index contributed by atoms with van der Waals surface area (Å²) in [4.78, 5) is 15.1. The van der Waals surface area contributed by atoms with Gasteiger partial charge >= 0.3 is 6.18 Å². The fraction of sp³-hybridized carbons (Fsp3) is 0.538. The zero-order valence-corrected chi connectivity index (χ0v) is 12.8. The Morgan fingerprint density at radius 1 is 1.32 bits per heavy atom. The first-order valence-corrected chi connectivity index (χ1v) is 7.16. The number of carbonyl (C=O) groups excluding carboxylic acids is 1. The van der Waals surface area contributed by atoms with Gasteiger partial charge in [0, 0.05) is 32.3 Å². The molecule has 0 unspecified atom stereocenters. The van der Waals surface area contributed by atoms with Gasteiger partial charge in [-0.05, 0) is 12.6 Å². The summed E-state index contributed by atoms with van der Waals surface area (Å²) in [7, 11) is 0. The largest absolute Gasteiger partial charge is 0.417 e. The van der Waals surface area contributed by atoms with Gasteiger partial charge in [0.2, 0.25) is 5.91 Å². The van der Waals surface area contributed by atoms with Crippen molar-refractivity contribution in [2.45, 2.75) is 19.5 Å². The van der Waals surface area contributed by atoms with Crippen molar-refractivity contribution in [3.63, 3.8) is 0 Å². The van der Waals surface area contributed by atoms with Crippen LogP contribution in [0.15, 0.2) is 12.3 Å². The molecule has 1 rings (SSSR count). The van der Waals surface area contributed by atoms with Gasteiger partial charge in [-0.15, -0.1) is 0 Å². The summed E-state index contributed by atoms with van der Waals surface area (Å²) in [5.74, 6) is -0.0384. The first-order valence-electron chi connectivity index (χ1n) is 6.78. The molecule has 1 aromatic rings. The second-order valence-electron chi connectivity index (χ2n) is 4.43. The van der Waals surface area contributed by atoms with Crippen LogP contribution in [0, 0.1) is 0 Å². The van der Waals surface area contributed by atoms with Gasteiger partial charge in [-0.3, -0.25) is 4.79 Å². The zero-order valence-electron chi connectivity index (χ0n) is 12.1. The third kappa shape index (κ3) is 6.48. The van der Waals surface area contributed by atoms with Crippen molar-refractivity contribution in [2.24, 2.45) is 0 Å². The number of carbonyl (C=O) groups is 1. The molecule has 0 aliphatic carbocycles. The summed E-state index contributed by atoms with van der Waals surface area (Å²) in [6.45, 7) is 4.22. The van der Waals surface area contributed by atoms with E-state index >= 15 is 0 Å². The Morgan fingerprint density at radius 2 is 2.05 bits per heavy atom. The van der Waals surface area contributed by atoms with Crippen LogP contribution in [0.4, 0.5) is 19.0 Å². The van der Waals surface area contributed by atoms with Crippen LogP contribution in [-0.4, -0.2) is 37.1 Å². The van der Waals surface area contributed by atoms with Gasteiger partial charge in [0.25, 0.3) is 0 Å². The number of halogens is 4. The van der Waals surface area contributed by atoms with Crippen LogP contribution in [0.3, 0.4) is 0 Å². The summed E-state index contributed by atoms with van der Waals surface area (Å²) >= 11 is 5.74. The number of alkyl halides is 3. The number of aromatic nitrogens is 1. The summed E-state index contributed by atoms with van der Waals surface area (Å²) in [6.07, 6.45) is -3.61. The number of rotatable bonds is 8. The lowest BCUT2D eigenvalue weighted by Crippen LogP contribution is -2.32. The highest BCUT2D eigenvalue weighted by molar-refractivity contribution is 6.32. The molecule has 0 bridgehead atoms. The van der Waals surface area contributed by atoms with E-state index in [1.807, 2.05) is 6.92 Å². The van der Waals surface area contributed by atoms with E-state index in [9.17, 15) is 18.0 Å². The van der Waals surface area contributed by atoms with E-state index in [1.165, 1.54) is 0 Å². The maximum absolute atomic E-state index is 12.5. The number of anilines is 1. The molecular weight excluding hydrogens is 321 g/mol. The van der Waals surface area contributed by atoms with Crippen LogP contribution in [0.1, 0.15) is 18.9 Å². The van der Waals surface area contributed by atoms with Crippen LogP contribution >= 0.6 is 11.6 Å². The molecule has 0 spiro atoms. The molecule has 124 valence electrons. The zero-order chi connectivity index (χ0) is 16.6. The van der Waals surface area contributed by atoms with E-state index in [-0.39, 0.29) is 29.7 Å². The van der Waals surface area contributed by atoms with Gasteiger partial charge in [-0.1, -0.05) is 18.5 Å². The lowest BCUT2D eigenvalue weighted by Gasteiger charge is -2.11. The number of likely N-dealkylation sites (N-methyl/N-ethyl adjacent to an activating group) is 1. The van der Waals surface area contributed by atoms with Crippen molar-refractivity contribution >= 4 is 23.3 Å². The lowest BCUT2D eigenvalue weighted by molar-refractivity contribution is -0.137. The first-order chi connectivity index (χ1) is 10.3. The molecule has 0 fully saturated rings. The van der Waals surface area contributed by atoms with Gasteiger partial charge in [-0.25, -0.2) is 4.98 Å². The molecule has 0 aliphatic heterocycles. The number of hydrogen-bond donors (Lipinski definition) is 3. The third-order valence-electron chi connectivity index (χ3n) is 2.69. The molecule has 9 heteroatoms. The number of hydrogen-bond acceptors (Lipinski definition) is 4. The molecule has 0 radical (unpaired) electrons. The number of amides is 1. The summed E-state index contributed by atoms with van der Waals surface area (Å²) in [6, 6.07) is 0.799. The highest BCUT2D eigenvalue weighted by atomic mass is 35.5. The van der Waals surface area contributed by atoms with Crippen LogP contribution in [0.25, 0.3) is 0 Å². The fourth-order valence-corrected chi connectivity index (χ4v) is 1.81. The Kier molecular flexibility index (Phi) is 7.40. The van der Waals surface area contributed by atoms with E-state index in [2.05, 4.69) is 20.9 Å². The van der Waals surface area contributed by atoms with Crippen molar-refractivity contribution in [3.05, 3.63) is 22.8 Å². The third-order valence-corrected chi connectivity index (χ3v) is 2.98. The van der Waals surface area contributed by atoms with E-state index in [0.717, 1.165) is 12.6 Å². The van der Waals surface area contributed by atoms with Crippen molar-refractivity contribution < 1.29 is 18.0 Å². The summed E-state index contributed by atoms with van der Waals surface area (Å²) in [5.41, 5.74) is -0.913. The fourth-order valence-electron chi connectivity index (χ4n) is 1.57. The maximum atomic E-state index is 12.5. The van der Waals surface area contributed by atoms with E-state index < -0.39 is 11.7 Å². The number of nitrogens with zero attached hydrogens (tertiary/aromatic N) is 1. The molecule has 22 heavy (non-hydrogen) atoms. The molecule has 1 amide bonds. The van der Waals surface area contributed by atoms with Gasteiger partial charge in [0.1, 0.15) is 5.82 Å². The predicted octanol–water partition coefficient (Wildman–Crippen LogP) is 2.28. The van der Waals surface area contributed by atoms with Crippen molar-refractivity contribution in [3.8, 4) is 0 Å². The van der Waals surface area contributed by atoms with Crippen molar-refractivity contribution in [2.75, 3.05) is 31.5 Å². The van der Waals surface area contributed by atoms with E-state index in [0.29, 0.717) is 19.3 Å². The molecule has 1 heterocycles. The van der Waals surface area contributed by atoms with Crippen LogP contribution in [-0.2, 0) is 11.0 Å². The Hall–Kier alpha value is -1.54. The summed E-state index contributed by atoms with van der Waals surface area (Å²) < 4.78 is 37.4. The Labute approximate surface area is 131 Å². The van der Waals surface area contributed by atoms with E-state index in [4.69, 9.17) is 11.6 Å². The average molecular weight is 339 g/mol. The van der Waals surface area contributed by atoms with Crippen LogP contribution < -0.4 is 16.0 Å². The molecule has 0 aromatic carbocycles. The van der Waals surface area contributed by atoms with Crippen molar-refractivity contribution in [1.82, 2.24) is 15.6 Å². The monoisotopic (exact) mass is 338 g/mol. The summed E-state index contributed by atoms with van der Waals surface area (Å²) in [5, 5.41) is 8.37. The highest BCUT2D eigenvalue weighted by Crippen LogP contribution is 2.32. The topological polar surface area (TPSA) is 66.0 Å². The second-order valence-corrected chi connectivity index (χ2v) is 4.84. The maximum Gasteiger partial charge on any atom is 0.417 e. The van der Waals surface area contributed by atoms with Gasteiger partial charge in [-0.2, -0.15) is 13.2 Å². The Morgan fingerprint density at radius 3 is 2.64 bits per heavy atom. The molecule has 0 aliphatic rings. The highest BCUT2D eigenvalue weighted by Gasteiger charge is 2.31.